The third-order valence-electron chi connectivity index (χ3n) is 4.00. The van der Waals surface area contributed by atoms with Gasteiger partial charge in [-0.2, -0.15) is 4.98 Å². The van der Waals surface area contributed by atoms with Crippen LogP contribution in [0.25, 0.3) is 0 Å². The lowest BCUT2D eigenvalue weighted by Gasteiger charge is -2.17. The second-order valence-electron chi connectivity index (χ2n) is 6.01. The molecule has 1 aromatic carbocycles. The molecule has 1 saturated heterocycles. The zero-order valence-electron chi connectivity index (χ0n) is 14.5. The van der Waals surface area contributed by atoms with Crippen molar-refractivity contribution in [1.29, 1.82) is 0 Å². The van der Waals surface area contributed by atoms with Crippen molar-refractivity contribution in [3.8, 4) is 5.88 Å². The average Bonchev–Trinajstić information content (AvgIpc) is 3.13. The van der Waals surface area contributed by atoms with Crippen LogP contribution in [0.4, 0.5) is 5.82 Å². The van der Waals surface area contributed by atoms with E-state index >= 15 is 0 Å². The molecular weight excluding hydrogens is 376 g/mol. The predicted molar refractivity (Wildman–Crippen MR) is 100 cm³/mol. The summed E-state index contributed by atoms with van der Waals surface area (Å²) in [6.45, 7) is 4.08. The highest BCUT2D eigenvalue weighted by atomic mass is 35.5. The zero-order valence-corrected chi connectivity index (χ0v) is 16.1. The molecule has 2 aromatic rings. The van der Waals surface area contributed by atoms with E-state index in [1.807, 2.05) is 6.92 Å². The molecule has 1 N–H and O–H groups in total. The fourth-order valence-corrected chi connectivity index (χ4v) is 3.88. The number of hydrogen-bond acceptors (Lipinski definition) is 6. The number of rotatable bonds is 7. The quantitative estimate of drug-likeness (QED) is 0.723. The molecule has 0 saturated carbocycles. The van der Waals surface area contributed by atoms with Crippen molar-refractivity contribution >= 4 is 27.4 Å². The minimum atomic E-state index is -3.59. The largest absolute Gasteiger partial charge is 0.476 e. The minimum Gasteiger partial charge on any atom is -0.476 e. The summed E-state index contributed by atoms with van der Waals surface area (Å²) in [4.78, 5) is 11.1. The van der Waals surface area contributed by atoms with Gasteiger partial charge in [-0.05, 0) is 44.0 Å². The van der Waals surface area contributed by atoms with Crippen LogP contribution in [0.1, 0.15) is 18.7 Å². The molecule has 7 nitrogen and oxygen atoms in total. The second kappa shape index (κ2) is 8.20. The van der Waals surface area contributed by atoms with Gasteiger partial charge in [0, 0.05) is 30.7 Å². The summed E-state index contributed by atoms with van der Waals surface area (Å²) in [7, 11) is -3.59. The summed E-state index contributed by atoms with van der Waals surface area (Å²) in [5.41, 5.74) is 0. The molecule has 0 unspecified atom stereocenters. The maximum atomic E-state index is 12.2. The van der Waals surface area contributed by atoms with Gasteiger partial charge in [-0.25, -0.2) is 18.1 Å². The zero-order chi connectivity index (χ0) is 18.6. The van der Waals surface area contributed by atoms with Crippen molar-refractivity contribution in [3.05, 3.63) is 41.2 Å². The van der Waals surface area contributed by atoms with Crippen molar-refractivity contribution in [2.45, 2.75) is 24.7 Å². The number of nitrogens with one attached hydrogen (secondary N) is 1. The Balaban J connectivity index is 1.55. The third kappa shape index (κ3) is 4.84. The van der Waals surface area contributed by atoms with Gasteiger partial charge in [-0.1, -0.05) is 11.6 Å². The summed E-state index contributed by atoms with van der Waals surface area (Å²) in [6.07, 6.45) is 2.32. The Kier molecular flexibility index (Phi) is 5.95. The molecule has 0 aliphatic carbocycles. The summed E-state index contributed by atoms with van der Waals surface area (Å²) < 4.78 is 32.5. The summed E-state index contributed by atoms with van der Waals surface area (Å²) in [6, 6.07) is 7.79. The molecule has 9 heteroatoms. The number of sulfonamides is 1. The maximum Gasteiger partial charge on any atom is 0.240 e. The van der Waals surface area contributed by atoms with Crippen LogP contribution in [-0.2, 0) is 10.0 Å². The molecule has 1 aliphatic rings. The van der Waals surface area contributed by atoms with E-state index in [4.69, 9.17) is 16.3 Å². The number of aromatic nitrogens is 2. The van der Waals surface area contributed by atoms with Gasteiger partial charge < -0.3 is 9.64 Å². The minimum absolute atomic E-state index is 0.132. The molecule has 1 fully saturated rings. The average molecular weight is 397 g/mol. The number of anilines is 1. The van der Waals surface area contributed by atoms with E-state index in [0.29, 0.717) is 16.7 Å². The Hall–Kier alpha value is -1.90. The SMILES string of the molecule is Cc1nc(OCCNS(=O)(=O)c2ccc(Cl)cc2)cc(N2CCCC2)n1. The molecule has 2 heterocycles. The molecule has 1 aromatic heterocycles. The van der Waals surface area contributed by atoms with Crippen molar-refractivity contribution in [3.63, 3.8) is 0 Å². The fraction of sp³-hybridized carbons (Fsp3) is 0.412. The first-order valence-electron chi connectivity index (χ1n) is 8.43. The molecule has 0 bridgehead atoms. The number of halogens is 1. The number of aryl methyl sites for hydroxylation is 1. The summed E-state index contributed by atoms with van der Waals surface area (Å²) in [5.74, 6) is 1.93. The van der Waals surface area contributed by atoms with Crippen LogP contribution in [0.15, 0.2) is 35.2 Å². The third-order valence-corrected chi connectivity index (χ3v) is 5.73. The van der Waals surface area contributed by atoms with Crippen LogP contribution in [0.2, 0.25) is 5.02 Å². The smallest absolute Gasteiger partial charge is 0.240 e. The maximum absolute atomic E-state index is 12.2. The lowest BCUT2D eigenvalue weighted by atomic mass is 10.4. The lowest BCUT2D eigenvalue weighted by molar-refractivity contribution is 0.309. The molecule has 0 atom stereocenters. The first-order valence-corrected chi connectivity index (χ1v) is 10.3. The van der Waals surface area contributed by atoms with Gasteiger partial charge >= 0.3 is 0 Å². The Morgan fingerprint density at radius 2 is 1.88 bits per heavy atom. The number of ether oxygens (including phenoxy) is 1. The van der Waals surface area contributed by atoms with Gasteiger partial charge in [-0.3, -0.25) is 0 Å². The van der Waals surface area contributed by atoms with Gasteiger partial charge in [0.1, 0.15) is 18.2 Å². The molecule has 0 radical (unpaired) electrons. The van der Waals surface area contributed by atoms with Crippen LogP contribution in [0, 0.1) is 6.92 Å². The van der Waals surface area contributed by atoms with Crippen LogP contribution in [0.3, 0.4) is 0 Å². The van der Waals surface area contributed by atoms with E-state index in [2.05, 4.69) is 19.6 Å². The molecule has 0 spiro atoms. The monoisotopic (exact) mass is 396 g/mol. The van der Waals surface area contributed by atoms with E-state index in [9.17, 15) is 8.42 Å². The predicted octanol–water partition coefficient (Wildman–Crippen LogP) is 2.40. The van der Waals surface area contributed by atoms with Gasteiger partial charge in [0.2, 0.25) is 15.9 Å². The van der Waals surface area contributed by atoms with Crippen LogP contribution >= 0.6 is 11.6 Å². The highest BCUT2D eigenvalue weighted by Gasteiger charge is 2.16. The molecule has 26 heavy (non-hydrogen) atoms. The number of hydrogen-bond donors (Lipinski definition) is 1. The van der Waals surface area contributed by atoms with Gasteiger partial charge in [0.25, 0.3) is 0 Å². The fourth-order valence-electron chi connectivity index (χ4n) is 2.74. The van der Waals surface area contributed by atoms with Gasteiger partial charge in [0.05, 0.1) is 4.90 Å². The van der Waals surface area contributed by atoms with E-state index in [-0.39, 0.29) is 18.0 Å². The number of benzene rings is 1. The standard InChI is InChI=1S/C17H21ClN4O3S/c1-13-20-16(22-9-2-3-10-22)12-17(21-13)25-11-8-19-26(23,24)15-6-4-14(18)5-7-15/h4-7,12,19H,2-3,8-11H2,1H3. The van der Waals surface area contributed by atoms with E-state index in [1.165, 1.54) is 24.3 Å². The van der Waals surface area contributed by atoms with Crippen molar-refractivity contribution in [2.24, 2.45) is 0 Å². The second-order valence-corrected chi connectivity index (χ2v) is 8.21. The number of nitrogens with zero attached hydrogens (tertiary/aromatic N) is 3. The van der Waals surface area contributed by atoms with E-state index in [1.54, 1.807) is 6.07 Å². The molecular formula is C17H21ClN4O3S. The first-order chi connectivity index (χ1) is 12.4. The Morgan fingerprint density at radius 3 is 2.58 bits per heavy atom. The highest BCUT2D eigenvalue weighted by molar-refractivity contribution is 7.89. The normalized spacial score (nSPS) is 14.6. The molecule has 1 aliphatic heterocycles. The van der Waals surface area contributed by atoms with Gasteiger partial charge in [-0.15, -0.1) is 0 Å². The highest BCUT2D eigenvalue weighted by Crippen LogP contribution is 2.21. The van der Waals surface area contributed by atoms with E-state index in [0.717, 1.165) is 31.7 Å². The topological polar surface area (TPSA) is 84.4 Å². The van der Waals surface area contributed by atoms with Crippen molar-refractivity contribution < 1.29 is 13.2 Å². The first kappa shape index (κ1) is 18.9. The van der Waals surface area contributed by atoms with Gasteiger partial charge in [0.15, 0.2) is 0 Å². The summed E-state index contributed by atoms with van der Waals surface area (Å²) in [5, 5.41) is 0.486. The summed E-state index contributed by atoms with van der Waals surface area (Å²) >= 11 is 5.78. The molecule has 140 valence electrons. The van der Waals surface area contributed by atoms with E-state index < -0.39 is 10.0 Å². The van der Waals surface area contributed by atoms with Crippen LogP contribution < -0.4 is 14.4 Å². The van der Waals surface area contributed by atoms with Crippen molar-refractivity contribution in [1.82, 2.24) is 14.7 Å². The molecule has 3 rings (SSSR count). The lowest BCUT2D eigenvalue weighted by Crippen LogP contribution is -2.28. The van der Waals surface area contributed by atoms with Crippen LogP contribution in [0.5, 0.6) is 5.88 Å². The Labute approximate surface area is 158 Å². The Morgan fingerprint density at radius 1 is 1.19 bits per heavy atom. The molecule has 0 amide bonds. The van der Waals surface area contributed by atoms with Crippen molar-refractivity contribution in [2.75, 3.05) is 31.1 Å². The Bertz CT molecular complexity index is 853. The van der Waals surface area contributed by atoms with Crippen LogP contribution in [-0.4, -0.2) is 44.6 Å².